The van der Waals surface area contributed by atoms with E-state index in [1.807, 2.05) is 0 Å². The summed E-state index contributed by atoms with van der Waals surface area (Å²) in [5.74, 6) is -4.02. The molecule has 0 unspecified atom stereocenters. The number of rotatable bonds is 7. The van der Waals surface area contributed by atoms with Crippen LogP contribution in [0.3, 0.4) is 0 Å². The maximum atomic E-state index is 12.2. The lowest BCUT2D eigenvalue weighted by molar-refractivity contribution is -0.380. The van der Waals surface area contributed by atoms with Crippen molar-refractivity contribution in [1.29, 1.82) is 0 Å². The number of amides is 1. The molecule has 25 heavy (non-hydrogen) atoms. The SMILES string of the molecule is O=C(COC(=O)c1ccc([N+](=O)[O-])s1)Nc1ccc(SC(F)F)cc1. The zero-order valence-corrected chi connectivity index (χ0v) is 13.9. The first-order valence-electron chi connectivity index (χ1n) is 6.61. The number of thioether (sulfide) groups is 1. The van der Waals surface area contributed by atoms with Crippen LogP contribution in [0.4, 0.5) is 19.5 Å². The third kappa shape index (κ3) is 5.80. The predicted octanol–water partition coefficient (Wildman–Crippen LogP) is 3.77. The second kappa shape index (κ2) is 8.53. The van der Waals surface area contributed by atoms with E-state index in [2.05, 4.69) is 5.32 Å². The van der Waals surface area contributed by atoms with Gasteiger partial charge in [0.05, 0.1) is 4.92 Å². The van der Waals surface area contributed by atoms with Gasteiger partial charge in [0.1, 0.15) is 4.88 Å². The largest absolute Gasteiger partial charge is 0.451 e. The first-order valence-corrected chi connectivity index (χ1v) is 8.31. The van der Waals surface area contributed by atoms with Crippen LogP contribution in [0, 0.1) is 10.1 Å². The number of thiophene rings is 1. The lowest BCUT2D eigenvalue weighted by atomic mass is 10.3. The standard InChI is InChI=1S/C14H10F2N2O5S2/c15-14(16)24-9-3-1-8(2-4-9)17-11(19)7-23-13(20)10-5-6-12(25-10)18(21)22/h1-6,14H,7H2,(H,17,19). The molecule has 1 heterocycles. The molecule has 1 aromatic carbocycles. The van der Waals surface area contributed by atoms with Gasteiger partial charge in [-0.3, -0.25) is 14.9 Å². The lowest BCUT2D eigenvalue weighted by Crippen LogP contribution is -2.20. The van der Waals surface area contributed by atoms with E-state index in [1.54, 1.807) is 0 Å². The minimum Gasteiger partial charge on any atom is -0.451 e. The molecule has 1 N–H and O–H groups in total. The van der Waals surface area contributed by atoms with Gasteiger partial charge in [0, 0.05) is 16.6 Å². The number of anilines is 1. The van der Waals surface area contributed by atoms with Crippen LogP contribution in [-0.2, 0) is 9.53 Å². The highest BCUT2D eigenvalue weighted by molar-refractivity contribution is 7.99. The number of esters is 1. The van der Waals surface area contributed by atoms with E-state index >= 15 is 0 Å². The summed E-state index contributed by atoms with van der Waals surface area (Å²) in [7, 11) is 0. The van der Waals surface area contributed by atoms with Gasteiger partial charge < -0.3 is 10.1 Å². The van der Waals surface area contributed by atoms with Crippen molar-refractivity contribution in [1.82, 2.24) is 0 Å². The molecule has 0 atom stereocenters. The summed E-state index contributed by atoms with van der Waals surface area (Å²) in [6.45, 7) is -0.585. The number of benzene rings is 1. The highest BCUT2D eigenvalue weighted by Crippen LogP contribution is 2.26. The van der Waals surface area contributed by atoms with Crippen molar-refractivity contribution in [3.8, 4) is 0 Å². The molecule has 7 nitrogen and oxygen atoms in total. The smallest absolute Gasteiger partial charge is 0.349 e. The minimum atomic E-state index is -2.53. The number of ether oxygens (including phenoxy) is 1. The zero-order valence-electron chi connectivity index (χ0n) is 12.3. The molecule has 0 fully saturated rings. The third-order valence-corrected chi connectivity index (χ3v) is 4.41. The lowest BCUT2D eigenvalue weighted by Gasteiger charge is -2.07. The molecule has 0 aliphatic heterocycles. The highest BCUT2D eigenvalue weighted by atomic mass is 32.2. The zero-order chi connectivity index (χ0) is 18.4. The van der Waals surface area contributed by atoms with Gasteiger partial charge in [0.15, 0.2) is 6.61 Å². The second-order valence-corrected chi connectivity index (χ2v) is 6.55. The third-order valence-electron chi connectivity index (χ3n) is 2.67. The van der Waals surface area contributed by atoms with E-state index in [-0.39, 0.29) is 9.88 Å². The van der Waals surface area contributed by atoms with Crippen LogP contribution in [0.25, 0.3) is 0 Å². The van der Waals surface area contributed by atoms with Crippen LogP contribution in [0.1, 0.15) is 9.67 Å². The van der Waals surface area contributed by atoms with Crippen molar-refractivity contribution in [3.05, 3.63) is 51.4 Å². The molecule has 11 heteroatoms. The van der Waals surface area contributed by atoms with Crippen molar-refractivity contribution < 1.29 is 28.0 Å². The van der Waals surface area contributed by atoms with Crippen LogP contribution in [0.15, 0.2) is 41.3 Å². The molecule has 0 saturated heterocycles. The van der Waals surface area contributed by atoms with Crippen LogP contribution >= 0.6 is 23.1 Å². The maximum Gasteiger partial charge on any atom is 0.349 e. The maximum absolute atomic E-state index is 12.2. The second-order valence-electron chi connectivity index (χ2n) is 4.42. The van der Waals surface area contributed by atoms with E-state index in [0.29, 0.717) is 33.7 Å². The number of halogens is 2. The molecule has 0 spiro atoms. The summed E-state index contributed by atoms with van der Waals surface area (Å²) in [4.78, 5) is 33.7. The molecular formula is C14H10F2N2O5S2. The summed E-state index contributed by atoms with van der Waals surface area (Å²) < 4.78 is 29.2. The quantitative estimate of drug-likeness (QED) is 0.336. The molecule has 2 rings (SSSR count). The first-order chi connectivity index (χ1) is 11.8. The fraction of sp³-hybridized carbons (Fsp3) is 0.143. The Labute approximate surface area is 148 Å². The Morgan fingerprint density at radius 2 is 1.92 bits per heavy atom. The number of alkyl halides is 2. The number of hydrogen-bond acceptors (Lipinski definition) is 7. The molecular weight excluding hydrogens is 378 g/mol. The van der Waals surface area contributed by atoms with E-state index in [1.165, 1.54) is 36.4 Å². The van der Waals surface area contributed by atoms with Gasteiger partial charge in [-0.05, 0) is 30.3 Å². The summed E-state index contributed by atoms with van der Waals surface area (Å²) in [5, 5.41) is 12.8. The number of nitrogens with zero attached hydrogens (tertiary/aromatic N) is 1. The molecule has 2 aromatic rings. The van der Waals surface area contributed by atoms with E-state index in [9.17, 15) is 28.5 Å². The van der Waals surface area contributed by atoms with Gasteiger partial charge >= 0.3 is 11.0 Å². The molecule has 0 bridgehead atoms. The number of carbonyl (C=O) groups is 2. The van der Waals surface area contributed by atoms with Gasteiger partial charge in [0.25, 0.3) is 11.7 Å². The van der Waals surface area contributed by atoms with Crippen molar-refractivity contribution in [2.45, 2.75) is 10.7 Å². The Bertz CT molecular complexity index is 780. The van der Waals surface area contributed by atoms with E-state index < -0.39 is 29.2 Å². The molecule has 0 aliphatic rings. The number of hydrogen-bond donors (Lipinski definition) is 1. The van der Waals surface area contributed by atoms with Crippen LogP contribution < -0.4 is 5.32 Å². The number of carbonyl (C=O) groups excluding carboxylic acids is 2. The van der Waals surface area contributed by atoms with Gasteiger partial charge in [-0.1, -0.05) is 23.1 Å². The van der Waals surface area contributed by atoms with Crippen LogP contribution in [0.5, 0.6) is 0 Å². The predicted molar refractivity (Wildman–Crippen MR) is 88.2 cm³/mol. The van der Waals surface area contributed by atoms with E-state index in [4.69, 9.17) is 4.74 Å². The number of nitrogens with one attached hydrogen (secondary N) is 1. The van der Waals surface area contributed by atoms with Gasteiger partial charge in [-0.25, -0.2) is 4.79 Å². The fourth-order valence-corrected chi connectivity index (χ4v) is 2.87. The Kier molecular flexibility index (Phi) is 6.42. The van der Waals surface area contributed by atoms with Crippen molar-refractivity contribution >= 4 is 45.7 Å². The Morgan fingerprint density at radius 1 is 1.24 bits per heavy atom. The Balaban J connectivity index is 1.83. The van der Waals surface area contributed by atoms with Crippen molar-refractivity contribution in [3.63, 3.8) is 0 Å². The van der Waals surface area contributed by atoms with Gasteiger partial charge in [-0.15, -0.1) is 0 Å². The average molecular weight is 388 g/mol. The molecule has 1 amide bonds. The Hall–Kier alpha value is -2.53. The average Bonchev–Trinajstić information content (AvgIpc) is 3.04. The van der Waals surface area contributed by atoms with Crippen LogP contribution in [0.2, 0.25) is 0 Å². The normalized spacial score (nSPS) is 10.5. The highest BCUT2D eigenvalue weighted by Gasteiger charge is 2.17. The molecule has 1 aromatic heterocycles. The monoisotopic (exact) mass is 388 g/mol. The fourth-order valence-electron chi connectivity index (χ4n) is 1.65. The summed E-state index contributed by atoms with van der Waals surface area (Å²) in [6.07, 6.45) is 0. The topological polar surface area (TPSA) is 98.5 Å². The molecule has 0 radical (unpaired) electrons. The first kappa shape index (κ1) is 18.8. The van der Waals surface area contributed by atoms with Crippen LogP contribution in [-0.4, -0.2) is 29.2 Å². The summed E-state index contributed by atoms with van der Waals surface area (Å²) in [6, 6.07) is 8.12. The molecule has 0 saturated carbocycles. The molecule has 132 valence electrons. The van der Waals surface area contributed by atoms with E-state index in [0.717, 1.165) is 0 Å². The Morgan fingerprint density at radius 3 is 2.48 bits per heavy atom. The summed E-state index contributed by atoms with van der Waals surface area (Å²) >= 11 is 1.02. The number of nitro groups is 1. The van der Waals surface area contributed by atoms with Crippen molar-refractivity contribution in [2.75, 3.05) is 11.9 Å². The minimum absolute atomic E-state index is 0.00729. The molecule has 0 aliphatic carbocycles. The van der Waals surface area contributed by atoms with Crippen molar-refractivity contribution in [2.24, 2.45) is 0 Å². The van der Waals surface area contributed by atoms with Gasteiger partial charge in [-0.2, -0.15) is 8.78 Å². The van der Waals surface area contributed by atoms with Gasteiger partial charge in [0.2, 0.25) is 0 Å². The summed E-state index contributed by atoms with van der Waals surface area (Å²) in [5.41, 5.74) is 0.353.